The number of aryl methyl sites for hydroxylation is 1. The lowest BCUT2D eigenvalue weighted by molar-refractivity contribution is -0.123. The van der Waals surface area contributed by atoms with Crippen LogP contribution in [0, 0.1) is 30.6 Å². The van der Waals surface area contributed by atoms with E-state index in [0.717, 1.165) is 16.5 Å². The Labute approximate surface area is 125 Å². The first kappa shape index (κ1) is 12.3. The SMILES string of the molecule is Cc1ccc(N2C(=O)[C@@H]3[C@H](C2=O)[C@@H]2C=C[C@H]3C2)cc1Br. The summed E-state index contributed by atoms with van der Waals surface area (Å²) in [7, 11) is 0. The third-order valence-electron chi connectivity index (χ3n) is 4.88. The van der Waals surface area contributed by atoms with Gasteiger partial charge in [-0.1, -0.05) is 34.1 Å². The van der Waals surface area contributed by atoms with Crippen molar-refractivity contribution in [2.75, 3.05) is 4.90 Å². The normalized spacial score (nSPS) is 34.2. The smallest absolute Gasteiger partial charge is 0.238 e. The molecule has 0 radical (unpaired) electrons. The molecule has 4 atom stereocenters. The van der Waals surface area contributed by atoms with Crippen molar-refractivity contribution in [3.8, 4) is 0 Å². The van der Waals surface area contributed by atoms with E-state index in [1.54, 1.807) is 0 Å². The van der Waals surface area contributed by atoms with Gasteiger partial charge < -0.3 is 0 Å². The monoisotopic (exact) mass is 331 g/mol. The fourth-order valence-electron chi connectivity index (χ4n) is 3.88. The first-order valence-electron chi connectivity index (χ1n) is 6.90. The fraction of sp³-hybridized carbons (Fsp3) is 0.375. The second-order valence-electron chi connectivity index (χ2n) is 5.95. The molecule has 3 aliphatic rings. The Morgan fingerprint density at radius 3 is 2.25 bits per heavy atom. The summed E-state index contributed by atoms with van der Waals surface area (Å²) in [6.07, 6.45) is 5.20. The number of carbonyl (C=O) groups is 2. The third kappa shape index (κ3) is 1.46. The standard InChI is InChI=1S/C16H14BrNO2/c1-8-2-5-11(7-12(8)17)18-15(19)13-9-3-4-10(6-9)14(13)16(18)20/h2-5,7,9-10,13-14H,6H2,1H3/t9-,10+,13-,14+. The van der Waals surface area contributed by atoms with Crippen molar-refractivity contribution in [1.82, 2.24) is 0 Å². The molecule has 1 aromatic rings. The van der Waals surface area contributed by atoms with Crippen LogP contribution in [0.2, 0.25) is 0 Å². The van der Waals surface area contributed by atoms with Gasteiger partial charge in [-0.15, -0.1) is 0 Å². The number of imide groups is 1. The van der Waals surface area contributed by atoms with Crippen LogP contribution >= 0.6 is 15.9 Å². The second-order valence-corrected chi connectivity index (χ2v) is 6.80. The molecule has 1 heterocycles. The van der Waals surface area contributed by atoms with Gasteiger partial charge in [0.25, 0.3) is 0 Å². The van der Waals surface area contributed by atoms with Gasteiger partial charge in [-0.3, -0.25) is 9.59 Å². The molecule has 20 heavy (non-hydrogen) atoms. The maximum Gasteiger partial charge on any atom is 0.238 e. The molecule has 1 saturated heterocycles. The van der Waals surface area contributed by atoms with Gasteiger partial charge in [0.2, 0.25) is 11.8 Å². The molecular formula is C16H14BrNO2. The van der Waals surface area contributed by atoms with Crippen molar-refractivity contribution < 1.29 is 9.59 Å². The summed E-state index contributed by atoms with van der Waals surface area (Å²) in [6.45, 7) is 1.99. The van der Waals surface area contributed by atoms with Crippen molar-refractivity contribution in [1.29, 1.82) is 0 Å². The zero-order valence-corrected chi connectivity index (χ0v) is 12.6. The van der Waals surface area contributed by atoms with E-state index in [1.165, 1.54) is 4.90 Å². The van der Waals surface area contributed by atoms with Crippen LogP contribution in [-0.4, -0.2) is 11.8 Å². The number of anilines is 1. The average Bonchev–Trinajstić information content (AvgIpc) is 3.08. The number of hydrogen-bond acceptors (Lipinski definition) is 2. The van der Waals surface area contributed by atoms with E-state index in [-0.39, 0.29) is 35.5 Å². The molecular weight excluding hydrogens is 318 g/mol. The van der Waals surface area contributed by atoms with Gasteiger partial charge in [-0.25, -0.2) is 4.90 Å². The molecule has 4 heteroatoms. The van der Waals surface area contributed by atoms with Gasteiger partial charge in [-0.05, 0) is 42.9 Å². The minimum atomic E-state index is -0.127. The van der Waals surface area contributed by atoms with Crippen molar-refractivity contribution >= 4 is 33.4 Å². The van der Waals surface area contributed by atoms with Crippen LogP contribution in [0.25, 0.3) is 0 Å². The summed E-state index contributed by atoms with van der Waals surface area (Å²) >= 11 is 3.47. The molecule has 2 bridgehead atoms. The first-order chi connectivity index (χ1) is 9.58. The number of nitrogens with zero attached hydrogens (tertiary/aromatic N) is 1. The maximum absolute atomic E-state index is 12.6. The molecule has 2 fully saturated rings. The van der Waals surface area contributed by atoms with Gasteiger partial charge in [-0.2, -0.15) is 0 Å². The predicted molar refractivity (Wildman–Crippen MR) is 79.1 cm³/mol. The topological polar surface area (TPSA) is 37.4 Å². The molecule has 0 aromatic heterocycles. The molecule has 3 nitrogen and oxygen atoms in total. The van der Waals surface area contributed by atoms with Crippen LogP contribution in [0.5, 0.6) is 0 Å². The summed E-state index contributed by atoms with van der Waals surface area (Å²) in [6, 6.07) is 5.65. The van der Waals surface area contributed by atoms with E-state index in [0.29, 0.717) is 5.69 Å². The van der Waals surface area contributed by atoms with Crippen molar-refractivity contribution in [2.24, 2.45) is 23.7 Å². The number of carbonyl (C=O) groups excluding carboxylic acids is 2. The van der Waals surface area contributed by atoms with E-state index in [2.05, 4.69) is 28.1 Å². The number of halogens is 1. The van der Waals surface area contributed by atoms with Crippen LogP contribution in [0.3, 0.4) is 0 Å². The first-order valence-corrected chi connectivity index (χ1v) is 7.69. The highest BCUT2D eigenvalue weighted by Crippen LogP contribution is 2.53. The lowest BCUT2D eigenvalue weighted by atomic mass is 9.85. The van der Waals surface area contributed by atoms with E-state index < -0.39 is 0 Å². The molecule has 1 aliphatic heterocycles. The fourth-order valence-corrected chi connectivity index (χ4v) is 4.24. The van der Waals surface area contributed by atoms with Crippen LogP contribution in [0.4, 0.5) is 5.69 Å². The van der Waals surface area contributed by atoms with E-state index >= 15 is 0 Å². The zero-order valence-electron chi connectivity index (χ0n) is 11.0. The van der Waals surface area contributed by atoms with Crippen LogP contribution in [0.15, 0.2) is 34.8 Å². The lowest BCUT2D eigenvalue weighted by Crippen LogP contribution is -2.32. The largest absolute Gasteiger partial charge is 0.274 e. The number of amides is 2. The van der Waals surface area contributed by atoms with Crippen LogP contribution in [-0.2, 0) is 9.59 Å². The number of allylic oxidation sites excluding steroid dienone is 2. The molecule has 0 N–H and O–H groups in total. The minimum absolute atomic E-state index is 0.0207. The second kappa shape index (κ2) is 4.04. The number of benzene rings is 1. The Kier molecular flexibility index (Phi) is 2.49. The number of rotatable bonds is 1. The van der Waals surface area contributed by atoms with Crippen molar-refractivity contribution in [2.45, 2.75) is 13.3 Å². The Morgan fingerprint density at radius 1 is 1.10 bits per heavy atom. The molecule has 0 unspecified atom stereocenters. The molecule has 4 rings (SSSR count). The van der Waals surface area contributed by atoms with Gasteiger partial charge in [0.15, 0.2) is 0 Å². The highest BCUT2D eigenvalue weighted by molar-refractivity contribution is 9.10. The van der Waals surface area contributed by atoms with E-state index in [4.69, 9.17) is 0 Å². The van der Waals surface area contributed by atoms with Crippen molar-refractivity contribution in [3.05, 3.63) is 40.4 Å². The Morgan fingerprint density at radius 2 is 1.70 bits per heavy atom. The third-order valence-corrected chi connectivity index (χ3v) is 5.74. The van der Waals surface area contributed by atoms with E-state index in [9.17, 15) is 9.59 Å². The van der Waals surface area contributed by atoms with Gasteiger partial charge in [0, 0.05) is 4.47 Å². The molecule has 1 aromatic carbocycles. The molecule has 2 amide bonds. The summed E-state index contributed by atoms with van der Waals surface area (Å²) in [5, 5.41) is 0. The minimum Gasteiger partial charge on any atom is -0.274 e. The number of fused-ring (bicyclic) bond motifs is 5. The summed E-state index contributed by atoms with van der Waals surface area (Å²) in [5.74, 6) is 0.232. The highest BCUT2D eigenvalue weighted by Gasteiger charge is 2.59. The highest BCUT2D eigenvalue weighted by atomic mass is 79.9. The quantitative estimate of drug-likeness (QED) is 0.585. The van der Waals surface area contributed by atoms with Gasteiger partial charge in [0.05, 0.1) is 17.5 Å². The molecule has 102 valence electrons. The van der Waals surface area contributed by atoms with Gasteiger partial charge in [0.1, 0.15) is 0 Å². The Balaban J connectivity index is 1.76. The molecule has 2 aliphatic carbocycles. The summed E-state index contributed by atoms with van der Waals surface area (Å²) in [5.41, 5.74) is 1.78. The summed E-state index contributed by atoms with van der Waals surface area (Å²) < 4.78 is 0.925. The lowest BCUT2D eigenvalue weighted by Gasteiger charge is -2.18. The van der Waals surface area contributed by atoms with Crippen LogP contribution < -0.4 is 4.90 Å². The zero-order chi connectivity index (χ0) is 14.0. The molecule has 1 saturated carbocycles. The van der Waals surface area contributed by atoms with Crippen molar-refractivity contribution in [3.63, 3.8) is 0 Å². The Hall–Kier alpha value is -1.42. The number of hydrogen-bond donors (Lipinski definition) is 0. The van der Waals surface area contributed by atoms with Gasteiger partial charge >= 0.3 is 0 Å². The van der Waals surface area contributed by atoms with Crippen LogP contribution in [0.1, 0.15) is 12.0 Å². The average molecular weight is 332 g/mol. The molecule has 0 spiro atoms. The Bertz CT molecular complexity index is 636. The van der Waals surface area contributed by atoms with E-state index in [1.807, 2.05) is 25.1 Å². The summed E-state index contributed by atoms with van der Waals surface area (Å²) in [4.78, 5) is 26.7. The predicted octanol–water partition coefficient (Wildman–Crippen LogP) is 3.07. The maximum atomic E-state index is 12.6.